The highest BCUT2D eigenvalue weighted by Gasteiger charge is 2.23. The lowest BCUT2D eigenvalue weighted by atomic mass is 9.80. The fraction of sp³-hybridized carbons (Fsp3) is 0.538. The first kappa shape index (κ1) is 11.9. The molecule has 1 fully saturated rings. The molecular weight excluding hydrogens is 225 g/mol. The van der Waals surface area contributed by atoms with Crippen LogP contribution in [-0.2, 0) is 6.54 Å². The summed E-state index contributed by atoms with van der Waals surface area (Å²) in [7, 11) is 0. The van der Waals surface area contributed by atoms with Crippen molar-refractivity contribution in [2.75, 3.05) is 0 Å². The van der Waals surface area contributed by atoms with E-state index in [1.807, 2.05) is 6.07 Å². The molecule has 1 aliphatic carbocycles. The van der Waals surface area contributed by atoms with Crippen molar-refractivity contribution < 1.29 is 4.39 Å². The third-order valence-corrected chi connectivity index (χ3v) is 3.78. The van der Waals surface area contributed by atoms with Crippen molar-refractivity contribution in [3.63, 3.8) is 0 Å². The fourth-order valence-electron chi connectivity index (χ4n) is 2.03. The Morgan fingerprint density at radius 2 is 2.25 bits per heavy atom. The SMILES string of the molecule is CC(NCc1ccc(Cl)c(F)c1)C1CCC1. The zero-order valence-electron chi connectivity index (χ0n) is 9.47. The Hall–Kier alpha value is -0.600. The number of nitrogens with one attached hydrogen (secondary N) is 1. The fourth-order valence-corrected chi connectivity index (χ4v) is 2.15. The van der Waals surface area contributed by atoms with Crippen molar-refractivity contribution in [3.8, 4) is 0 Å². The Balaban J connectivity index is 1.86. The number of rotatable bonds is 4. The molecule has 2 rings (SSSR count). The topological polar surface area (TPSA) is 12.0 Å². The van der Waals surface area contributed by atoms with Gasteiger partial charge in [-0.05, 0) is 43.4 Å². The molecule has 1 nitrogen and oxygen atoms in total. The predicted molar refractivity (Wildman–Crippen MR) is 65.1 cm³/mol. The van der Waals surface area contributed by atoms with E-state index < -0.39 is 0 Å². The van der Waals surface area contributed by atoms with Gasteiger partial charge in [0.05, 0.1) is 5.02 Å². The van der Waals surface area contributed by atoms with Gasteiger partial charge in [-0.1, -0.05) is 24.1 Å². The monoisotopic (exact) mass is 241 g/mol. The van der Waals surface area contributed by atoms with Gasteiger partial charge in [0.1, 0.15) is 5.82 Å². The van der Waals surface area contributed by atoms with E-state index in [4.69, 9.17) is 11.6 Å². The van der Waals surface area contributed by atoms with Gasteiger partial charge in [-0.25, -0.2) is 4.39 Å². The molecular formula is C13H17ClFN. The lowest BCUT2D eigenvalue weighted by Gasteiger charge is -2.32. The van der Waals surface area contributed by atoms with Crippen molar-refractivity contribution in [1.82, 2.24) is 5.32 Å². The first-order valence-electron chi connectivity index (χ1n) is 5.84. The molecule has 1 aromatic carbocycles. The van der Waals surface area contributed by atoms with E-state index in [2.05, 4.69) is 12.2 Å². The zero-order valence-corrected chi connectivity index (χ0v) is 10.2. The Kier molecular flexibility index (Phi) is 3.82. The molecule has 3 heteroatoms. The average Bonchev–Trinajstić information content (AvgIpc) is 2.17. The number of benzene rings is 1. The highest BCUT2D eigenvalue weighted by Crippen LogP contribution is 2.29. The summed E-state index contributed by atoms with van der Waals surface area (Å²) in [5, 5.41) is 3.63. The van der Waals surface area contributed by atoms with Gasteiger partial charge in [0.2, 0.25) is 0 Å². The van der Waals surface area contributed by atoms with Gasteiger partial charge in [0, 0.05) is 12.6 Å². The van der Waals surface area contributed by atoms with Crippen LogP contribution in [0.2, 0.25) is 5.02 Å². The minimum absolute atomic E-state index is 0.191. The van der Waals surface area contributed by atoms with Crippen LogP contribution < -0.4 is 5.32 Å². The predicted octanol–water partition coefficient (Wildman–Crippen LogP) is 3.76. The lowest BCUT2D eigenvalue weighted by Crippen LogP contribution is -2.36. The Morgan fingerprint density at radius 1 is 1.50 bits per heavy atom. The second kappa shape index (κ2) is 5.15. The second-order valence-electron chi connectivity index (χ2n) is 4.61. The summed E-state index contributed by atoms with van der Waals surface area (Å²) in [4.78, 5) is 0. The first-order chi connectivity index (χ1) is 7.66. The van der Waals surface area contributed by atoms with E-state index in [0.717, 1.165) is 11.5 Å². The van der Waals surface area contributed by atoms with E-state index in [9.17, 15) is 4.39 Å². The maximum absolute atomic E-state index is 13.2. The quantitative estimate of drug-likeness (QED) is 0.847. The molecule has 0 aliphatic heterocycles. The largest absolute Gasteiger partial charge is 0.310 e. The highest BCUT2D eigenvalue weighted by molar-refractivity contribution is 6.30. The highest BCUT2D eigenvalue weighted by atomic mass is 35.5. The molecule has 1 atom stereocenters. The van der Waals surface area contributed by atoms with Gasteiger partial charge in [-0.2, -0.15) is 0 Å². The van der Waals surface area contributed by atoms with E-state index in [0.29, 0.717) is 12.6 Å². The van der Waals surface area contributed by atoms with Gasteiger partial charge in [0.15, 0.2) is 0 Å². The molecule has 1 saturated carbocycles. The summed E-state index contributed by atoms with van der Waals surface area (Å²) in [5.41, 5.74) is 0.952. The van der Waals surface area contributed by atoms with Crippen molar-refractivity contribution in [3.05, 3.63) is 34.6 Å². The molecule has 1 aliphatic rings. The number of halogens is 2. The summed E-state index contributed by atoms with van der Waals surface area (Å²) < 4.78 is 13.2. The standard InChI is InChI=1S/C13H17ClFN/c1-9(11-3-2-4-11)16-8-10-5-6-12(14)13(15)7-10/h5-7,9,11,16H,2-4,8H2,1H3. The zero-order chi connectivity index (χ0) is 11.5. The molecule has 88 valence electrons. The van der Waals surface area contributed by atoms with Crippen LogP contribution in [0.15, 0.2) is 18.2 Å². The smallest absolute Gasteiger partial charge is 0.142 e. The van der Waals surface area contributed by atoms with Gasteiger partial charge < -0.3 is 5.32 Å². The van der Waals surface area contributed by atoms with Gasteiger partial charge in [0.25, 0.3) is 0 Å². The Bertz CT molecular complexity index is 363. The third kappa shape index (κ3) is 2.74. The molecule has 1 unspecified atom stereocenters. The number of hydrogen-bond acceptors (Lipinski definition) is 1. The van der Waals surface area contributed by atoms with Crippen molar-refractivity contribution >= 4 is 11.6 Å². The van der Waals surface area contributed by atoms with E-state index in [1.165, 1.54) is 25.3 Å². The number of hydrogen-bond donors (Lipinski definition) is 1. The normalized spacial score (nSPS) is 18.2. The van der Waals surface area contributed by atoms with Crippen molar-refractivity contribution in [1.29, 1.82) is 0 Å². The molecule has 1 N–H and O–H groups in total. The van der Waals surface area contributed by atoms with E-state index in [-0.39, 0.29) is 10.8 Å². The summed E-state index contributed by atoms with van der Waals surface area (Å²) >= 11 is 5.63. The molecule has 0 radical (unpaired) electrons. The minimum atomic E-state index is -0.336. The molecule has 0 heterocycles. The van der Waals surface area contributed by atoms with Gasteiger partial charge >= 0.3 is 0 Å². The first-order valence-corrected chi connectivity index (χ1v) is 6.22. The average molecular weight is 242 g/mol. The van der Waals surface area contributed by atoms with Gasteiger partial charge in [-0.3, -0.25) is 0 Å². The maximum Gasteiger partial charge on any atom is 0.142 e. The van der Waals surface area contributed by atoms with Crippen LogP contribution >= 0.6 is 11.6 Å². The van der Waals surface area contributed by atoms with Gasteiger partial charge in [-0.15, -0.1) is 0 Å². The van der Waals surface area contributed by atoms with Crippen LogP contribution in [-0.4, -0.2) is 6.04 Å². The summed E-state index contributed by atoms with van der Waals surface area (Å²) in [6, 6.07) is 5.50. The minimum Gasteiger partial charge on any atom is -0.310 e. The van der Waals surface area contributed by atoms with Crippen molar-refractivity contribution in [2.24, 2.45) is 5.92 Å². The summed E-state index contributed by atoms with van der Waals surface area (Å²) in [5.74, 6) is 0.467. The second-order valence-corrected chi connectivity index (χ2v) is 5.02. The van der Waals surface area contributed by atoms with Crippen LogP contribution in [0.3, 0.4) is 0 Å². The van der Waals surface area contributed by atoms with Crippen molar-refractivity contribution in [2.45, 2.75) is 38.8 Å². The van der Waals surface area contributed by atoms with Crippen LogP contribution in [0.5, 0.6) is 0 Å². The van der Waals surface area contributed by atoms with E-state index >= 15 is 0 Å². The molecule has 0 bridgehead atoms. The van der Waals surface area contributed by atoms with Crippen LogP contribution in [0.4, 0.5) is 4.39 Å². The molecule has 16 heavy (non-hydrogen) atoms. The maximum atomic E-state index is 13.2. The molecule has 0 saturated heterocycles. The Morgan fingerprint density at radius 3 is 2.81 bits per heavy atom. The Labute approximate surface area is 101 Å². The van der Waals surface area contributed by atoms with Crippen LogP contribution in [0.25, 0.3) is 0 Å². The van der Waals surface area contributed by atoms with E-state index in [1.54, 1.807) is 6.07 Å². The summed E-state index contributed by atoms with van der Waals surface area (Å²) in [6.45, 7) is 2.92. The molecule has 0 amide bonds. The van der Waals surface area contributed by atoms with Crippen LogP contribution in [0, 0.1) is 11.7 Å². The molecule has 0 aromatic heterocycles. The lowest BCUT2D eigenvalue weighted by molar-refractivity contribution is 0.240. The molecule has 1 aromatic rings. The summed E-state index contributed by atoms with van der Waals surface area (Å²) in [6.07, 6.45) is 4.00. The van der Waals surface area contributed by atoms with Crippen LogP contribution in [0.1, 0.15) is 31.7 Å². The third-order valence-electron chi connectivity index (χ3n) is 3.47. The molecule has 0 spiro atoms.